The van der Waals surface area contributed by atoms with Gasteiger partial charge in [0.05, 0.1) is 37.5 Å². The maximum absolute atomic E-state index is 12.8. The maximum Gasteiger partial charge on any atom is 0.407 e. The molecule has 0 unspecified atom stereocenters. The molecular formula is C31H46N2O9. The molecule has 42 heavy (non-hydrogen) atoms. The fourth-order valence-electron chi connectivity index (χ4n) is 5.49. The number of esters is 2. The van der Waals surface area contributed by atoms with E-state index in [1.54, 1.807) is 31.6 Å². The van der Waals surface area contributed by atoms with Gasteiger partial charge in [-0.15, -0.1) is 0 Å². The molecule has 0 spiro atoms. The van der Waals surface area contributed by atoms with Gasteiger partial charge < -0.3 is 33.4 Å². The first-order valence-electron chi connectivity index (χ1n) is 15.0. The van der Waals surface area contributed by atoms with Crippen LogP contribution in [-0.4, -0.2) is 74.3 Å². The van der Waals surface area contributed by atoms with Crippen LogP contribution in [0, 0.1) is 5.92 Å². The monoisotopic (exact) mass is 590 g/mol. The number of cyclic esters (lactones) is 1. The molecule has 0 saturated carbocycles. The van der Waals surface area contributed by atoms with Gasteiger partial charge in [0.25, 0.3) is 0 Å². The number of hydrogen-bond donors (Lipinski definition) is 1. The zero-order chi connectivity index (χ0) is 30.3. The number of amides is 1. The lowest BCUT2D eigenvalue weighted by molar-refractivity contribution is -0.168. The third-order valence-electron chi connectivity index (χ3n) is 7.41. The van der Waals surface area contributed by atoms with Crippen molar-refractivity contribution in [2.45, 2.75) is 109 Å². The molecule has 234 valence electrons. The van der Waals surface area contributed by atoms with Crippen LogP contribution in [0.5, 0.6) is 0 Å². The summed E-state index contributed by atoms with van der Waals surface area (Å²) in [6.07, 6.45) is 13.1. The van der Waals surface area contributed by atoms with E-state index < -0.39 is 12.1 Å². The molecule has 0 aromatic carbocycles. The summed E-state index contributed by atoms with van der Waals surface area (Å²) in [5.74, 6) is 0.0697. The Bertz CT molecular complexity index is 1050. The molecule has 1 aromatic rings. The summed E-state index contributed by atoms with van der Waals surface area (Å²) in [4.78, 5) is 40.8. The van der Waals surface area contributed by atoms with Crippen LogP contribution in [0.4, 0.5) is 4.79 Å². The van der Waals surface area contributed by atoms with Crippen molar-refractivity contribution in [3.8, 4) is 0 Å². The van der Waals surface area contributed by atoms with Crippen molar-refractivity contribution in [2.24, 2.45) is 5.92 Å². The Morgan fingerprint density at radius 3 is 2.67 bits per heavy atom. The highest BCUT2D eigenvalue weighted by Gasteiger charge is 2.35. The number of allylic oxidation sites excluding steroid dienone is 1. The minimum Gasteiger partial charge on any atom is -0.462 e. The van der Waals surface area contributed by atoms with Gasteiger partial charge in [0, 0.05) is 39.0 Å². The van der Waals surface area contributed by atoms with Crippen molar-refractivity contribution in [1.82, 2.24) is 10.3 Å². The minimum absolute atomic E-state index is 0.0116. The number of ether oxygens (including phenoxy) is 5. The Kier molecular flexibility index (Phi) is 14.0. The molecule has 2 aliphatic rings. The quantitative estimate of drug-likeness (QED) is 0.215. The van der Waals surface area contributed by atoms with Crippen LogP contribution in [0.1, 0.15) is 83.2 Å². The first kappa shape index (κ1) is 33.3. The molecule has 0 radical (unpaired) electrons. The zero-order valence-corrected chi connectivity index (χ0v) is 25.3. The number of carbonyl (C=O) groups excluding carboxylic acids is 3. The molecule has 3 rings (SSSR count). The van der Waals surface area contributed by atoms with Crippen LogP contribution in [0.25, 0.3) is 6.08 Å². The van der Waals surface area contributed by atoms with Crippen molar-refractivity contribution in [1.29, 1.82) is 0 Å². The molecule has 2 bridgehead atoms. The first-order valence-corrected chi connectivity index (χ1v) is 15.0. The number of oxazole rings is 1. The molecule has 1 aromatic heterocycles. The molecule has 3 heterocycles. The highest BCUT2D eigenvalue weighted by molar-refractivity contribution is 5.82. The number of nitrogens with zero attached hydrogens (tertiary/aromatic N) is 1. The number of rotatable bonds is 11. The van der Waals surface area contributed by atoms with Crippen molar-refractivity contribution in [2.75, 3.05) is 20.8 Å². The minimum atomic E-state index is -0.513. The largest absolute Gasteiger partial charge is 0.462 e. The van der Waals surface area contributed by atoms with E-state index in [-0.39, 0.29) is 42.9 Å². The summed E-state index contributed by atoms with van der Waals surface area (Å²) in [6.45, 7) is 4.56. The van der Waals surface area contributed by atoms with Crippen LogP contribution >= 0.6 is 0 Å². The predicted octanol–water partition coefficient (Wildman–Crippen LogP) is 4.93. The Hall–Kier alpha value is -3.18. The molecule has 6 atom stereocenters. The molecule has 11 heteroatoms. The average molecular weight is 591 g/mol. The smallest absolute Gasteiger partial charge is 0.407 e. The lowest BCUT2D eigenvalue weighted by Gasteiger charge is -2.37. The topological polar surface area (TPSA) is 135 Å². The van der Waals surface area contributed by atoms with E-state index in [4.69, 9.17) is 23.4 Å². The number of nitrogens with one attached hydrogen (secondary N) is 1. The number of hydrogen-bond acceptors (Lipinski definition) is 10. The molecule has 2 fully saturated rings. The summed E-state index contributed by atoms with van der Waals surface area (Å²) < 4.78 is 33.5. The Balaban J connectivity index is 1.49. The van der Waals surface area contributed by atoms with E-state index in [2.05, 4.69) is 28.9 Å². The molecule has 11 nitrogen and oxygen atoms in total. The van der Waals surface area contributed by atoms with Crippen molar-refractivity contribution in [3.63, 3.8) is 0 Å². The molecule has 1 N–H and O–H groups in total. The standard InChI is InChI=1S/C31H46N2O9/c1-5-9-23-16-24(37-3)14-21(2)15-25-17-26(18-27(40-25)19-30(35)41-23)42-29(34)12-7-6-10-22-20-39-28(33-22)11-8-13-32-31(36)38-4/h7-8,11-12,20-21,23-27H,5-6,9-10,13-19H2,1-4H3,(H,32,36)/t21-,23+,24+,25+,26+,27+/m0/s1. The van der Waals surface area contributed by atoms with Gasteiger partial charge in [-0.25, -0.2) is 14.6 Å². The second kappa shape index (κ2) is 17.7. The van der Waals surface area contributed by atoms with Crippen molar-refractivity contribution >= 4 is 24.1 Å². The fraction of sp³-hybridized carbons (Fsp3) is 0.677. The summed E-state index contributed by atoms with van der Waals surface area (Å²) in [6, 6.07) is 0. The normalized spacial score (nSPS) is 27.2. The third-order valence-corrected chi connectivity index (χ3v) is 7.41. The summed E-state index contributed by atoms with van der Waals surface area (Å²) in [5.41, 5.74) is 0.745. The number of methoxy groups -OCH3 is 2. The lowest BCUT2D eigenvalue weighted by atomic mass is 9.89. The van der Waals surface area contributed by atoms with Gasteiger partial charge in [0.1, 0.15) is 18.5 Å². The van der Waals surface area contributed by atoms with Crippen LogP contribution in [-0.2, 0) is 39.7 Å². The van der Waals surface area contributed by atoms with Crippen LogP contribution in [0.3, 0.4) is 0 Å². The summed E-state index contributed by atoms with van der Waals surface area (Å²) in [5, 5.41) is 2.53. The van der Waals surface area contributed by atoms with Crippen LogP contribution < -0.4 is 5.32 Å². The number of fused-ring (bicyclic) bond motifs is 2. The van der Waals surface area contributed by atoms with Gasteiger partial charge in [0.15, 0.2) is 0 Å². The molecular weight excluding hydrogens is 544 g/mol. The Morgan fingerprint density at radius 2 is 1.90 bits per heavy atom. The van der Waals surface area contributed by atoms with E-state index in [1.165, 1.54) is 13.2 Å². The number of carbonyl (C=O) groups is 3. The van der Waals surface area contributed by atoms with Crippen LogP contribution in [0.2, 0.25) is 0 Å². The first-order chi connectivity index (χ1) is 20.3. The third kappa shape index (κ3) is 12.0. The van der Waals surface area contributed by atoms with Gasteiger partial charge in [-0.05, 0) is 44.1 Å². The van der Waals surface area contributed by atoms with Gasteiger partial charge in [0.2, 0.25) is 5.89 Å². The van der Waals surface area contributed by atoms with Gasteiger partial charge in [-0.1, -0.05) is 32.4 Å². The van der Waals surface area contributed by atoms with Crippen molar-refractivity contribution in [3.05, 3.63) is 36.1 Å². The number of aromatic nitrogens is 1. The van der Waals surface area contributed by atoms with E-state index in [9.17, 15) is 14.4 Å². The summed E-state index contributed by atoms with van der Waals surface area (Å²) >= 11 is 0. The number of alkyl carbamates (subject to hydrolysis) is 1. The molecule has 2 aliphatic heterocycles. The lowest BCUT2D eigenvalue weighted by Crippen LogP contribution is -2.41. The molecule has 2 saturated heterocycles. The average Bonchev–Trinajstić information content (AvgIpc) is 3.39. The van der Waals surface area contributed by atoms with E-state index in [0.29, 0.717) is 50.5 Å². The zero-order valence-electron chi connectivity index (χ0n) is 25.3. The maximum atomic E-state index is 12.8. The van der Waals surface area contributed by atoms with Crippen LogP contribution in [0.15, 0.2) is 28.9 Å². The summed E-state index contributed by atoms with van der Waals surface area (Å²) in [7, 11) is 3.01. The highest BCUT2D eigenvalue weighted by Crippen LogP contribution is 2.31. The number of aryl methyl sites for hydroxylation is 1. The van der Waals surface area contributed by atoms with Gasteiger partial charge in [-0.3, -0.25) is 4.79 Å². The predicted molar refractivity (Wildman–Crippen MR) is 154 cm³/mol. The van der Waals surface area contributed by atoms with E-state index in [1.807, 2.05) is 0 Å². The highest BCUT2D eigenvalue weighted by atomic mass is 16.6. The molecule has 0 aliphatic carbocycles. The van der Waals surface area contributed by atoms with E-state index in [0.717, 1.165) is 31.4 Å². The van der Waals surface area contributed by atoms with E-state index >= 15 is 0 Å². The van der Waals surface area contributed by atoms with Crippen molar-refractivity contribution < 1.29 is 42.5 Å². The van der Waals surface area contributed by atoms with Gasteiger partial charge in [-0.2, -0.15) is 0 Å². The second-order valence-electron chi connectivity index (χ2n) is 11.1. The SMILES string of the molecule is CCC[C@@H]1C[C@H](OC)C[C@H](C)C[C@@H]2C[C@@H](OC(=O)C=CCCc3coc(C=CCNC(=O)OC)n3)C[C@H](CC(=O)O1)O2. The second-order valence-corrected chi connectivity index (χ2v) is 11.1. The molecule has 1 amide bonds. The Morgan fingerprint density at radius 1 is 1.10 bits per heavy atom. The Labute approximate surface area is 248 Å². The van der Waals surface area contributed by atoms with Gasteiger partial charge >= 0.3 is 18.0 Å². The fourth-order valence-corrected chi connectivity index (χ4v) is 5.49.